The number of ether oxygens (including phenoxy) is 1. The Morgan fingerprint density at radius 1 is 1.23 bits per heavy atom. The monoisotopic (exact) mass is 299 g/mol. The second kappa shape index (κ2) is 6.18. The van der Waals surface area contributed by atoms with Crippen molar-refractivity contribution in [1.29, 1.82) is 0 Å². The van der Waals surface area contributed by atoms with Gasteiger partial charge >= 0.3 is 0 Å². The van der Waals surface area contributed by atoms with Crippen molar-refractivity contribution >= 4 is 5.91 Å². The van der Waals surface area contributed by atoms with E-state index >= 15 is 0 Å². The van der Waals surface area contributed by atoms with Crippen LogP contribution in [0.2, 0.25) is 0 Å². The third-order valence-corrected chi connectivity index (χ3v) is 3.97. The van der Waals surface area contributed by atoms with Gasteiger partial charge in [0.05, 0.1) is 0 Å². The first-order chi connectivity index (χ1) is 10.6. The third-order valence-electron chi connectivity index (χ3n) is 3.97. The van der Waals surface area contributed by atoms with E-state index in [0.717, 1.165) is 0 Å². The second-order valence-electron chi connectivity index (χ2n) is 5.62. The van der Waals surface area contributed by atoms with Crippen LogP contribution in [0.5, 0.6) is 5.75 Å². The highest BCUT2D eigenvalue weighted by atomic mass is 19.1. The fourth-order valence-electron chi connectivity index (χ4n) is 2.82. The minimum atomic E-state index is -0.319. The minimum Gasteiger partial charge on any atom is -0.484 e. The summed E-state index contributed by atoms with van der Waals surface area (Å²) in [4.78, 5) is 14.1. The zero-order valence-electron chi connectivity index (χ0n) is 12.5. The van der Waals surface area contributed by atoms with E-state index in [4.69, 9.17) is 4.74 Å². The summed E-state index contributed by atoms with van der Waals surface area (Å²) in [6, 6.07) is 13.9. The maximum Gasteiger partial charge on any atom is 0.260 e. The molecule has 0 aliphatic carbocycles. The van der Waals surface area contributed by atoms with E-state index in [1.807, 2.05) is 17.0 Å². The Labute approximate surface area is 129 Å². The highest BCUT2D eigenvalue weighted by molar-refractivity contribution is 5.78. The fraction of sp³-hybridized carbons (Fsp3) is 0.278. The fourth-order valence-corrected chi connectivity index (χ4v) is 2.82. The molecule has 0 bridgehead atoms. The first-order valence-corrected chi connectivity index (χ1v) is 7.37. The molecule has 0 saturated carbocycles. The first kappa shape index (κ1) is 14.6. The Morgan fingerprint density at radius 3 is 2.73 bits per heavy atom. The van der Waals surface area contributed by atoms with Crippen LogP contribution < -0.4 is 4.74 Å². The molecule has 4 heteroatoms. The van der Waals surface area contributed by atoms with Crippen molar-refractivity contribution in [2.24, 2.45) is 0 Å². The normalized spacial score (nSPS) is 17.0. The molecule has 0 N–H and O–H groups in total. The van der Waals surface area contributed by atoms with Gasteiger partial charge in [-0.1, -0.05) is 31.2 Å². The van der Waals surface area contributed by atoms with Crippen LogP contribution in [-0.2, 0) is 11.3 Å². The summed E-state index contributed by atoms with van der Waals surface area (Å²) < 4.78 is 18.3. The van der Waals surface area contributed by atoms with Crippen LogP contribution in [0.25, 0.3) is 0 Å². The maximum atomic E-state index is 12.8. The van der Waals surface area contributed by atoms with Gasteiger partial charge in [-0.05, 0) is 41.3 Å². The van der Waals surface area contributed by atoms with E-state index in [1.54, 1.807) is 0 Å². The SMILES string of the molecule is CC1CN(C(=O)COc2ccc(F)cc2)Cc2ccccc21. The predicted molar refractivity (Wildman–Crippen MR) is 82.2 cm³/mol. The molecule has 1 atom stereocenters. The van der Waals surface area contributed by atoms with Gasteiger partial charge in [0.15, 0.2) is 6.61 Å². The van der Waals surface area contributed by atoms with Crippen molar-refractivity contribution in [2.45, 2.75) is 19.4 Å². The molecule has 1 heterocycles. The van der Waals surface area contributed by atoms with Crippen molar-refractivity contribution in [2.75, 3.05) is 13.2 Å². The molecule has 0 saturated heterocycles. The standard InChI is InChI=1S/C18H18FNO2/c1-13-10-20(11-14-4-2-3-5-17(13)14)18(21)12-22-16-8-6-15(19)7-9-16/h2-9,13H,10-12H2,1H3. The average molecular weight is 299 g/mol. The van der Waals surface area contributed by atoms with Crippen LogP contribution in [0.15, 0.2) is 48.5 Å². The predicted octanol–water partition coefficient (Wildman–Crippen LogP) is 3.35. The lowest BCUT2D eigenvalue weighted by Gasteiger charge is -2.33. The molecule has 1 amide bonds. The molecule has 0 aromatic heterocycles. The molecule has 0 radical (unpaired) electrons. The number of hydrogen-bond acceptors (Lipinski definition) is 2. The lowest BCUT2D eigenvalue weighted by atomic mass is 9.91. The zero-order valence-corrected chi connectivity index (χ0v) is 12.5. The molecule has 0 fully saturated rings. The largest absolute Gasteiger partial charge is 0.484 e. The smallest absolute Gasteiger partial charge is 0.260 e. The molecule has 3 nitrogen and oxygen atoms in total. The van der Waals surface area contributed by atoms with Crippen LogP contribution in [0, 0.1) is 5.82 Å². The Balaban J connectivity index is 1.63. The van der Waals surface area contributed by atoms with Crippen LogP contribution >= 0.6 is 0 Å². The van der Waals surface area contributed by atoms with Gasteiger partial charge in [0.2, 0.25) is 0 Å². The molecule has 1 unspecified atom stereocenters. The van der Waals surface area contributed by atoms with Gasteiger partial charge in [0.25, 0.3) is 5.91 Å². The van der Waals surface area contributed by atoms with E-state index in [9.17, 15) is 9.18 Å². The van der Waals surface area contributed by atoms with E-state index in [0.29, 0.717) is 24.8 Å². The molecule has 3 rings (SSSR count). The molecule has 22 heavy (non-hydrogen) atoms. The maximum absolute atomic E-state index is 12.8. The van der Waals surface area contributed by atoms with Gasteiger partial charge in [-0.3, -0.25) is 4.79 Å². The molecule has 1 aliphatic rings. The van der Waals surface area contributed by atoms with E-state index < -0.39 is 0 Å². The number of carbonyl (C=O) groups is 1. The van der Waals surface area contributed by atoms with E-state index in [-0.39, 0.29) is 18.3 Å². The van der Waals surface area contributed by atoms with Gasteiger partial charge in [-0.15, -0.1) is 0 Å². The molecule has 1 aliphatic heterocycles. The van der Waals surface area contributed by atoms with Crippen molar-refractivity contribution in [3.63, 3.8) is 0 Å². The minimum absolute atomic E-state index is 0.0273. The lowest BCUT2D eigenvalue weighted by Crippen LogP contribution is -2.40. The summed E-state index contributed by atoms with van der Waals surface area (Å²) >= 11 is 0. The van der Waals surface area contributed by atoms with Crippen LogP contribution in [-0.4, -0.2) is 24.0 Å². The average Bonchev–Trinajstić information content (AvgIpc) is 2.54. The van der Waals surface area contributed by atoms with E-state index in [2.05, 4.69) is 19.1 Å². The van der Waals surface area contributed by atoms with Crippen molar-refractivity contribution < 1.29 is 13.9 Å². The van der Waals surface area contributed by atoms with Crippen molar-refractivity contribution in [3.8, 4) is 5.75 Å². The molecule has 0 spiro atoms. The summed E-state index contributed by atoms with van der Waals surface area (Å²) in [7, 11) is 0. The first-order valence-electron chi connectivity index (χ1n) is 7.37. The molecular weight excluding hydrogens is 281 g/mol. The summed E-state index contributed by atoms with van der Waals surface area (Å²) in [6.45, 7) is 3.41. The lowest BCUT2D eigenvalue weighted by molar-refractivity contribution is -0.134. The number of hydrogen-bond donors (Lipinski definition) is 0. The Kier molecular flexibility index (Phi) is 4.09. The van der Waals surface area contributed by atoms with E-state index in [1.165, 1.54) is 35.4 Å². The van der Waals surface area contributed by atoms with Gasteiger partial charge in [-0.25, -0.2) is 4.39 Å². The van der Waals surface area contributed by atoms with Gasteiger partial charge in [0, 0.05) is 13.1 Å². The van der Waals surface area contributed by atoms with Gasteiger partial charge < -0.3 is 9.64 Å². The number of carbonyl (C=O) groups excluding carboxylic acids is 1. The van der Waals surface area contributed by atoms with Crippen LogP contribution in [0.3, 0.4) is 0 Å². The molecular formula is C18H18FNO2. The number of fused-ring (bicyclic) bond motifs is 1. The quantitative estimate of drug-likeness (QED) is 0.870. The Bertz CT molecular complexity index is 669. The summed E-state index contributed by atoms with van der Waals surface area (Å²) in [6.07, 6.45) is 0. The highest BCUT2D eigenvalue weighted by Gasteiger charge is 2.25. The third kappa shape index (κ3) is 3.11. The topological polar surface area (TPSA) is 29.5 Å². The summed E-state index contributed by atoms with van der Waals surface area (Å²) in [5, 5.41) is 0. The van der Waals surface area contributed by atoms with Crippen LogP contribution in [0.1, 0.15) is 24.0 Å². The highest BCUT2D eigenvalue weighted by Crippen LogP contribution is 2.27. The van der Waals surface area contributed by atoms with Gasteiger partial charge in [0.1, 0.15) is 11.6 Å². The zero-order chi connectivity index (χ0) is 15.5. The van der Waals surface area contributed by atoms with Gasteiger partial charge in [-0.2, -0.15) is 0 Å². The molecule has 2 aromatic rings. The summed E-state index contributed by atoms with van der Waals surface area (Å²) in [5.74, 6) is 0.450. The number of halogens is 1. The number of amides is 1. The number of benzene rings is 2. The van der Waals surface area contributed by atoms with Crippen LogP contribution in [0.4, 0.5) is 4.39 Å². The van der Waals surface area contributed by atoms with Crippen molar-refractivity contribution in [1.82, 2.24) is 4.90 Å². The van der Waals surface area contributed by atoms with Crippen molar-refractivity contribution in [3.05, 3.63) is 65.5 Å². The molecule has 2 aromatic carbocycles. The molecule has 114 valence electrons. The Morgan fingerprint density at radius 2 is 1.95 bits per heavy atom. The number of rotatable bonds is 3. The Hall–Kier alpha value is -2.36. The number of nitrogens with zero attached hydrogens (tertiary/aromatic N) is 1. The summed E-state index contributed by atoms with van der Waals surface area (Å²) in [5.41, 5.74) is 2.50. The second-order valence-corrected chi connectivity index (χ2v) is 5.62.